The Balaban J connectivity index is 1.27. The molecule has 2 aromatic carbocycles. The van der Waals surface area contributed by atoms with Gasteiger partial charge >= 0.3 is 6.03 Å². The molecule has 1 saturated carbocycles. The number of carbonyl (C=O) groups excluding carboxylic acids is 2. The Hall–Kier alpha value is -2.53. The van der Waals surface area contributed by atoms with Crippen molar-refractivity contribution in [1.29, 1.82) is 0 Å². The highest BCUT2D eigenvalue weighted by Crippen LogP contribution is 2.28. The molecular formula is C24H30ClN3O2. The maximum Gasteiger partial charge on any atom is 0.314 e. The second kappa shape index (κ2) is 11.6. The van der Waals surface area contributed by atoms with Gasteiger partial charge in [-0.1, -0.05) is 48.0 Å². The molecule has 3 amide bonds. The summed E-state index contributed by atoms with van der Waals surface area (Å²) in [5.41, 5.74) is 1.82. The summed E-state index contributed by atoms with van der Waals surface area (Å²) in [4.78, 5) is 24.2. The average molecular weight is 428 g/mol. The van der Waals surface area contributed by atoms with Gasteiger partial charge in [0.05, 0.1) is 0 Å². The molecule has 6 heteroatoms. The van der Waals surface area contributed by atoms with Crippen molar-refractivity contribution in [2.75, 3.05) is 19.6 Å². The molecular weight excluding hydrogens is 398 g/mol. The maximum absolute atomic E-state index is 12.2. The van der Waals surface area contributed by atoms with E-state index in [1.54, 1.807) is 24.3 Å². The summed E-state index contributed by atoms with van der Waals surface area (Å²) in [5.74, 6) is 0.919. The zero-order valence-corrected chi connectivity index (χ0v) is 18.0. The first kappa shape index (κ1) is 22.2. The van der Waals surface area contributed by atoms with E-state index in [-0.39, 0.29) is 11.9 Å². The van der Waals surface area contributed by atoms with Crippen LogP contribution in [0.15, 0.2) is 54.6 Å². The first-order valence-electron chi connectivity index (χ1n) is 10.7. The van der Waals surface area contributed by atoms with Crippen molar-refractivity contribution in [2.24, 2.45) is 11.8 Å². The molecule has 0 unspecified atom stereocenters. The Bertz CT molecular complexity index is 820. The van der Waals surface area contributed by atoms with Crippen LogP contribution in [0.5, 0.6) is 0 Å². The van der Waals surface area contributed by atoms with Crippen LogP contribution in [0.25, 0.3) is 0 Å². The van der Waals surface area contributed by atoms with Crippen LogP contribution in [0.3, 0.4) is 0 Å². The minimum Gasteiger partial charge on any atom is -0.352 e. The highest BCUT2D eigenvalue weighted by Gasteiger charge is 2.22. The summed E-state index contributed by atoms with van der Waals surface area (Å²) in [7, 11) is 0. The molecule has 0 bridgehead atoms. The number of hydrogen-bond donors (Lipinski definition) is 3. The molecule has 0 radical (unpaired) electrons. The summed E-state index contributed by atoms with van der Waals surface area (Å²) < 4.78 is 0. The number of rotatable bonds is 8. The van der Waals surface area contributed by atoms with Crippen LogP contribution < -0.4 is 16.0 Å². The van der Waals surface area contributed by atoms with Crippen molar-refractivity contribution in [3.05, 3.63) is 70.7 Å². The molecule has 1 aliphatic carbocycles. The van der Waals surface area contributed by atoms with E-state index < -0.39 is 0 Å². The largest absolute Gasteiger partial charge is 0.352 e. The number of carbonyl (C=O) groups is 2. The second-order valence-corrected chi connectivity index (χ2v) is 8.42. The van der Waals surface area contributed by atoms with E-state index >= 15 is 0 Å². The Morgan fingerprint density at radius 2 is 1.50 bits per heavy atom. The normalized spacial score (nSPS) is 18.4. The smallest absolute Gasteiger partial charge is 0.314 e. The van der Waals surface area contributed by atoms with Crippen molar-refractivity contribution in [1.82, 2.24) is 16.0 Å². The number of amides is 3. The van der Waals surface area contributed by atoms with Gasteiger partial charge in [-0.05, 0) is 67.7 Å². The first-order chi connectivity index (χ1) is 14.6. The topological polar surface area (TPSA) is 70.2 Å². The molecule has 160 valence electrons. The predicted octanol–water partition coefficient (Wildman–Crippen LogP) is 4.42. The lowest BCUT2D eigenvalue weighted by molar-refractivity contribution is 0.0941. The summed E-state index contributed by atoms with van der Waals surface area (Å²) in [6.07, 6.45) is 5.11. The predicted molar refractivity (Wildman–Crippen MR) is 121 cm³/mol. The Morgan fingerprint density at radius 3 is 2.17 bits per heavy atom. The average Bonchev–Trinajstić information content (AvgIpc) is 2.77. The van der Waals surface area contributed by atoms with E-state index in [4.69, 9.17) is 11.6 Å². The van der Waals surface area contributed by atoms with Crippen LogP contribution in [0.1, 0.15) is 41.6 Å². The van der Waals surface area contributed by atoms with E-state index in [9.17, 15) is 9.59 Å². The molecule has 0 atom stereocenters. The molecule has 3 rings (SSSR count). The second-order valence-electron chi connectivity index (χ2n) is 7.98. The molecule has 0 spiro atoms. The molecule has 5 nitrogen and oxygen atoms in total. The molecule has 0 heterocycles. The zero-order chi connectivity index (χ0) is 21.2. The monoisotopic (exact) mass is 427 g/mol. The van der Waals surface area contributed by atoms with Gasteiger partial charge in [0.2, 0.25) is 0 Å². The fraction of sp³-hybridized carbons (Fsp3) is 0.417. The van der Waals surface area contributed by atoms with Gasteiger partial charge in [-0.15, -0.1) is 0 Å². The summed E-state index contributed by atoms with van der Waals surface area (Å²) in [6, 6.07) is 17.0. The SMILES string of the molecule is O=C(NCCc1ccccc1)NCC1CCC(CNC(=O)c2cccc(Cl)c2)CC1. The van der Waals surface area contributed by atoms with Crippen LogP contribution in [-0.2, 0) is 6.42 Å². The fourth-order valence-corrected chi connectivity index (χ4v) is 4.06. The van der Waals surface area contributed by atoms with E-state index in [2.05, 4.69) is 28.1 Å². The third-order valence-corrected chi connectivity index (χ3v) is 5.93. The highest BCUT2D eigenvalue weighted by molar-refractivity contribution is 6.30. The number of urea groups is 1. The van der Waals surface area contributed by atoms with Gasteiger partial charge < -0.3 is 16.0 Å². The summed E-state index contributed by atoms with van der Waals surface area (Å²) >= 11 is 5.95. The van der Waals surface area contributed by atoms with Crippen molar-refractivity contribution >= 4 is 23.5 Å². The Morgan fingerprint density at radius 1 is 0.833 bits per heavy atom. The third kappa shape index (κ3) is 7.38. The van der Waals surface area contributed by atoms with Gasteiger partial charge in [-0.25, -0.2) is 4.79 Å². The molecule has 30 heavy (non-hydrogen) atoms. The number of hydrogen-bond acceptors (Lipinski definition) is 2. The van der Waals surface area contributed by atoms with Crippen LogP contribution in [0, 0.1) is 11.8 Å². The van der Waals surface area contributed by atoms with Crippen molar-refractivity contribution in [3.63, 3.8) is 0 Å². The third-order valence-electron chi connectivity index (χ3n) is 5.70. The van der Waals surface area contributed by atoms with Gasteiger partial charge in [0.15, 0.2) is 0 Å². The lowest BCUT2D eigenvalue weighted by Crippen LogP contribution is -2.40. The van der Waals surface area contributed by atoms with Gasteiger partial charge in [0, 0.05) is 30.2 Å². The molecule has 0 aliphatic heterocycles. The van der Waals surface area contributed by atoms with Crippen LogP contribution in [-0.4, -0.2) is 31.6 Å². The molecule has 0 saturated heterocycles. The highest BCUT2D eigenvalue weighted by atomic mass is 35.5. The quantitative estimate of drug-likeness (QED) is 0.583. The van der Waals surface area contributed by atoms with Gasteiger partial charge in [-0.3, -0.25) is 4.79 Å². The van der Waals surface area contributed by atoms with Crippen molar-refractivity contribution in [3.8, 4) is 0 Å². The van der Waals surface area contributed by atoms with E-state index in [0.717, 1.165) is 32.1 Å². The lowest BCUT2D eigenvalue weighted by atomic mass is 9.82. The van der Waals surface area contributed by atoms with Crippen LogP contribution >= 0.6 is 11.6 Å². The minimum absolute atomic E-state index is 0.0755. The van der Waals surface area contributed by atoms with E-state index in [1.807, 2.05) is 18.2 Å². The fourth-order valence-electron chi connectivity index (χ4n) is 3.87. The molecule has 1 fully saturated rings. The molecule has 2 aromatic rings. The summed E-state index contributed by atoms with van der Waals surface area (Å²) in [5, 5.41) is 9.51. The molecule has 0 aromatic heterocycles. The van der Waals surface area contributed by atoms with Gasteiger partial charge in [-0.2, -0.15) is 0 Å². The van der Waals surface area contributed by atoms with Crippen LogP contribution in [0.2, 0.25) is 5.02 Å². The van der Waals surface area contributed by atoms with Crippen LogP contribution in [0.4, 0.5) is 4.79 Å². The van der Waals surface area contributed by atoms with E-state index in [0.29, 0.717) is 42.1 Å². The zero-order valence-electron chi connectivity index (χ0n) is 17.2. The number of halogens is 1. The van der Waals surface area contributed by atoms with Crippen molar-refractivity contribution in [2.45, 2.75) is 32.1 Å². The van der Waals surface area contributed by atoms with Gasteiger partial charge in [0.25, 0.3) is 5.91 Å². The molecule has 3 N–H and O–H groups in total. The Labute approximate surface area is 183 Å². The summed E-state index contributed by atoms with van der Waals surface area (Å²) in [6.45, 7) is 2.03. The number of nitrogens with one attached hydrogen (secondary N) is 3. The Kier molecular flexibility index (Phi) is 8.57. The number of benzene rings is 2. The first-order valence-corrected chi connectivity index (χ1v) is 11.1. The van der Waals surface area contributed by atoms with E-state index in [1.165, 1.54) is 5.56 Å². The van der Waals surface area contributed by atoms with Gasteiger partial charge in [0.1, 0.15) is 0 Å². The maximum atomic E-state index is 12.2. The standard InChI is InChI=1S/C24H30ClN3O2/c25-22-8-4-7-21(15-22)23(29)27-16-19-9-11-20(12-10-19)17-28-24(30)26-14-13-18-5-2-1-3-6-18/h1-8,15,19-20H,9-14,16-17H2,(H,27,29)(H2,26,28,30). The van der Waals surface area contributed by atoms with Crippen molar-refractivity contribution < 1.29 is 9.59 Å². The lowest BCUT2D eigenvalue weighted by Gasteiger charge is -2.28. The minimum atomic E-state index is -0.0955. The molecule has 1 aliphatic rings.